The molecule has 0 aromatic carbocycles. The standard InChI is InChI=1S/C16H31N3O3/c1-16(2,3)22-15(20)19-9-10-21-12-14(11-19)17-13-5-7-18(4)8-6-13/h13-14,17H,5-12H2,1-4H3/t14-/m1/s1. The van der Waals surface area contributed by atoms with Crippen LogP contribution in [0.2, 0.25) is 0 Å². The van der Waals surface area contributed by atoms with Crippen LogP contribution in [0.4, 0.5) is 4.79 Å². The van der Waals surface area contributed by atoms with Gasteiger partial charge in [-0.15, -0.1) is 0 Å². The first kappa shape index (κ1) is 17.5. The number of nitrogens with one attached hydrogen (secondary N) is 1. The van der Waals surface area contributed by atoms with Crippen molar-refractivity contribution < 1.29 is 14.3 Å². The van der Waals surface area contributed by atoms with Crippen molar-refractivity contribution in [3.05, 3.63) is 0 Å². The van der Waals surface area contributed by atoms with Crippen LogP contribution in [0.5, 0.6) is 0 Å². The average Bonchev–Trinajstić information content (AvgIpc) is 2.65. The van der Waals surface area contributed by atoms with E-state index in [0.717, 1.165) is 25.9 Å². The Hall–Kier alpha value is -0.850. The lowest BCUT2D eigenvalue weighted by molar-refractivity contribution is 0.0236. The first-order chi connectivity index (χ1) is 10.3. The van der Waals surface area contributed by atoms with Gasteiger partial charge in [0.2, 0.25) is 0 Å². The molecule has 0 spiro atoms. The van der Waals surface area contributed by atoms with E-state index in [1.165, 1.54) is 0 Å². The molecule has 2 rings (SSSR count). The van der Waals surface area contributed by atoms with Gasteiger partial charge in [-0.2, -0.15) is 0 Å². The Bertz CT molecular complexity index is 362. The Morgan fingerprint density at radius 3 is 2.50 bits per heavy atom. The highest BCUT2D eigenvalue weighted by Gasteiger charge is 2.28. The summed E-state index contributed by atoms with van der Waals surface area (Å²) in [7, 11) is 2.16. The summed E-state index contributed by atoms with van der Waals surface area (Å²) in [6, 6.07) is 0.701. The van der Waals surface area contributed by atoms with Crippen molar-refractivity contribution in [2.45, 2.75) is 51.3 Å². The Balaban J connectivity index is 1.85. The lowest BCUT2D eigenvalue weighted by atomic mass is 10.0. The molecular formula is C16H31N3O3. The SMILES string of the molecule is CN1CCC(N[C@H]2COCCN(C(=O)OC(C)(C)C)C2)CC1. The van der Waals surface area contributed by atoms with Crippen LogP contribution >= 0.6 is 0 Å². The highest BCUT2D eigenvalue weighted by atomic mass is 16.6. The van der Waals surface area contributed by atoms with Gasteiger partial charge in [-0.3, -0.25) is 0 Å². The zero-order valence-electron chi connectivity index (χ0n) is 14.4. The first-order valence-corrected chi connectivity index (χ1v) is 8.34. The number of amides is 1. The molecule has 22 heavy (non-hydrogen) atoms. The smallest absolute Gasteiger partial charge is 0.410 e. The van der Waals surface area contributed by atoms with Crippen LogP contribution in [0.1, 0.15) is 33.6 Å². The molecular weight excluding hydrogens is 282 g/mol. The third-order valence-electron chi connectivity index (χ3n) is 4.11. The Kier molecular flexibility index (Phi) is 6.06. The fourth-order valence-electron chi connectivity index (χ4n) is 2.91. The van der Waals surface area contributed by atoms with E-state index >= 15 is 0 Å². The minimum absolute atomic E-state index is 0.184. The molecule has 0 saturated carbocycles. The van der Waals surface area contributed by atoms with Crippen LogP contribution in [0.25, 0.3) is 0 Å². The molecule has 1 atom stereocenters. The Labute approximate surface area is 134 Å². The largest absolute Gasteiger partial charge is 0.444 e. The minimum Gasteiger partial charge on any atom is -0.444 e. The van der Waals surface area contributed by atoms with Gasteiger partial charge in [0.05, 0.1) is 13.2 Å². The van der Waals surface area contributed by atoms with Crippen molar-refractivity contribution in [2.75, 3.05) is 46.4 Å². The summed E-state index contributed by atoms with van der Waals surface area (Å²) >= 11 is 0. The summed E-state index contributed by atoms with van der Waals surface area (Å²) in [5.41, 5.74) is -0.457. The normalized spacial score (nSPS) is 25.8. The van der Waals surface area contributed by atoms with Crippen molar-refractivity contribution in [1.29, 1.82) is 0 Å². The Morgan fingerprint density at radius 1 is 1.18 bits per heavy atom. The third-order valence-corrected chi connectivity index (χ3v) is 4.11. The van der Waals surface area contributed by atoms with Crippen LogP contribution < -0.4 is 5.32 Å². The van der Waals surface area contributed by atoms with Crippen molar-refractivity contribution >= 4 is 6.09 Å². The highest BCUT2D eigenvalue weighted by Crippen LogP contribution is 2.13. The van der Waals surface area contributed by atoms with E-state index in [9.17, 15) is 4.79 Å². The lowest BCUT2D eigenvalue weighted by Gasteiger charge is -2.33. The third kappa shape index (κ3) is 5.74. The summed E-state index contributed by atoms with van der Waals surface area (Å²) < 4.78 is 11.1. The molecule has 2 fully saturated rings. The molecule has 0 aliphatic carbocycles. The second-order valence-corrected chi connectivity index (χ2v) is 7.44. The minimum atomic E-state index is -0.457. The summed E-state index contributed by atoms with van der Waals surface area (Å²) in [5, 5.41) is 3.66. The molecule has 0 unspecified atom stereocenters. The van der Waals surface area contributed by atoms with Gasteiger partial charge in [0.15, 0.2) is 0 Å². The van der Waals surface area contributed by atoms with Gasteiger partial charge in [-0.25, -0.2) is 4.79 Å². The molecule has 2 aliphatic heterocycles. The maximum absolute atomic E-state index is 12.3. The number of hydrogen-bond donors (Lipinski definition) is 1. The number of rotatable bonds is 2. The summed E-state index contributed by atoms with van der Waals surface area (Å²) in [6.07, 6.45) is 2.06. The average molecular weight is 313 g/mol. The fourth-order valence-corrected chi connectivity index (χ4v) is 2.91. The molecule has 0 aromatic heterocycles. The Morgan fingerprint density at radius 2 is 1.86 bits per heavy atom. The van der Waals surface area contributed by atoms with Crippen LogP contribution in [-0.4, -0.2) is 80.0 Å². The van der Waals surface area contributed by atoms with Gasteiger partial charge in [-0.05, 0) is 53.8 Å². The molecule has 1 N–H and O–H groups in total. The number of carbonyl (C=O) groups is 1. The van der Waals surface area contributed by atoms with Crippen LogP contribution in [0.15, 0.2) is 0 Å². The van der Waals surface area contributed by atoms with E-state index in [1.54, 1.807) is 4.90 Å². The second-order valence-electron chi connectivity index (χ2n) is 7.44. The summed E-state index contributed by atoms with van der Waals surface area (Å²) in [5.74, 6) is 0. The molecule has 6 nitrogen and oxygen atoms in total. The van der Waals surface area contributed by atoms with Crippen LogP contribution in [0.3, 0.4) is 0 Å². The van der Waals surface area contributed by atoms with Gasteiger partial charge in [0.25, 0.3) is 0 Å². The number of piperidine rings is 1. The molecule has 128 valence electrons. The van der Waals surface area contributed by atoms with E-state index in [2.05, 4.69) is 17.3 Å². The second kappa shape index (κ2) is 7.62. The molecule has 0 aromatic rings. The molecule has 0 bridgehead atoms. The van der Waals surface area contributed by atoms with E-state index in [0.29, 0.717) is 32.3 Å². The topological polar surface area (TPSA) is 54.0 Å². The summed E-state index contributed by atoms with van der Waals surface area (Å²) in [6.45, 7) is 10.4. The van der Waals surface area contributed by atoms with Gasteiger partial charge in [0.1, 0.15) is 5.60 Å². The zero-order valence-corrected chi connectivity index (χ0v) is 14.4. The highest BCUT2D eigenvalue weighted by molar-refractivity contribution is 5.68. The zero-order chi connectivity index (χ0) is 16.2. The van der Waals surface area contributed by atoms with Crippen LogP contribution in [0, 0.1) is 0 Å². The lowest BCUT2D eigenvalue weighted by Crippen LogP contribution is -2.51. The molecule has 6 heteroatoms. The van der Waals surface area contributed by atoms with Crippen LogP contribution in [-0.2, 0) is 9.47 Å². The monoisotopic (exact) mass is 313 g/mol. The maximum atomic E-state index is 12.3. The number of hydrogen-bond acceptors (Lipinski definition) is 5. The van der Waals surface area contributed by atoms with Crippen molar-refractivity contribution in [3.8, 4) is 0 Å². The van der Waals surface area contributed by atoms with Gasteiger partial charge in [0, 0.05) is 25.2 Å². The molecule has 2 aliphatic rings. The number of likely N-dealkylation sites (tertiary alicyclic amines) is 1. The fraction of sp³-hybridized carbons (Fsp3) is 0.938. The predicted molar refractivity (Wildman–Crippen MR) is 86.1 cm³/mol. The van der Waals surface area contributed by atoms with E-state index in [1.807, 2.05) is 20.8 Å². The van der Waals surface area contributed by atoms with Crippen molar-refractivity contribution in [1.82, 2.24) is 15.1 Å². The van der Waals surface area contributed by atoms with E-state index in [4.69, 9.17) is 9.47 Å². The first-order valence-electron chi connectivity index (χ1n) is 8.34. The molecule has 2 saturated heterocycles. The van der Waals surface area contributed by atoms with E-state index in [-0.39, 0.29) is 12.1 Å². The van der Waals surface area contributed by atoms with E-state index < -0.39 is 5.60 Å². The molecule has 1 amide bonds. The summed E-state index contributed by atoms with van der Waals surface area (Å²) in [4.78, 5) is 16.4. The molecule has 0 radical (unpaired) electrons. The molecule has 2 heterocycles. The number of ether oxygens (including phenoxy) is 2. The number of carbonyl (C=O) groups excluding carboxylic acids is 1. The number of nitrogens with zero attached hydrogens (tertiary/aromatic N) is 2. The van der Waals surface area contributed by atoms with Crippen molar-refractivity contribution in [3.63, 3.8) is 0 Å². The van der Waals surface area contributed by atoms with Gasteiger partial charge < -0.3 is 24.6 Å². The van der Waals surface area contributed by atoms with Gasteiger partial charge in [-0.1, -0.05) is 0 Å². The van der Waals surface area contributed by atoms with Gasteiger partial charge >= 0.3 is 6.09 Å². The maximum Gasteiger partial charge on any atom is 0.410 e. The van der Waals surface area contributed by atoms with Crippen molar-refractivity contribution in [2.24, 2.45) is 0 Å². The predicted octanol–water partition coefficient (Wildman–Crippen LogP) is 1.31. The quantitative estimate of drug-likeness (QED) is 0.833.